The lowest BCUT2D eigenvalue weighted by molar-refractivity contribution is -0.118. The van der Waals surface area contributed by atoms with Gasteiger partial charge in [0, 0.05) is 29.4 Å². The Balaban J connectivity index is 1.63. The number of benzene rings is 5. The highest BCUT2D eigenvalue weighted by Crippen LogP contribution is 2.49. The maximum Gasteiger partial charge on any atom is 0.254 e. The van der Waals surface area contributed by atoms with E-state index >= 15 is 0 Å². The highest BCUT2D eigenvalue weighted by molar-refractivity contribution is 6.08. The fourth-order valence-corrected chi connectivity index (χ4v) is 5.44. The molecule has 3 heteroatoms. The Kier molecular flexibility index (Phi) is 6.05. The van der Waals surface area contributed by atoms with Gasteiger partial charge < -0.3 is 9.80 Å². The average molecular weight is 495 g/mol. The Morgan fingerprint density at radius 3 is 1.55 bits per heavy atom. The molecule has 0 saturated carbocycles. The Labute approximate surface area is 224 Å². The van der Waals surface area contributed by atoms with E-state index in [1.54, 1.807) is 4.90 Å². The number of anilines is 3. The highest BCUT2D eigenvalue weighted by atomic mass is 16.2. The standard InChI is InChI=1S/C35H30N2O/c1-24-16-20-26(21-17-24)28-10-4-8-14-32(28)37(34-30-12-6-7-13-31(30)36(3)35(34)38)33-15-9-5-11-29(33)27-22-18-25(2)19-23-27/h4-23,34H,1-3H3. The number of aryl methyl sites for hydroxylation is 2. The first-order valence-electron chi connectivity index (χ1n) is 13.0. The van der Waals surface area contributed by atoms with Crippen LogP contribution in [0, 0.1) is 13.8 Å². The molecule has 1 atom stereocenters. The molecule has 5 aromatic rings. The van der Waals surface area contributed by atoms with E-state index in [0.29, 0.717) is 0 Å². The predicted octanol–water partition coefficient (Wildman–Crippen LogP) is 8.49. The van der Waals surface area contributed by atoms with Gasteiger partial charge in [0.2, 0.25) is 0 Å². The van der Waals surface area contributed by atoms with Crippen molar-refractivity contribution in [2.75, 3.05) is 16.8 Å². The minimum atomic E-state index is -0.491. The quantitative estimate of drug-likeness (QED) is 0.245. The Bertz CT molecular complexity index is 1530. The van der Waals surface area contributed by atoms with Crippen molar-refractivity contribution in [3.63, 3.8) is 0 Å². The van der Waals surface area contributed by atoms with Crippen LogP contribution >= 0.6 is 0 Å². The summed E-state index contributed by atoms with van der Waals surface area (Å²) in [6.45, 7) is 4.20. The molecule has 1 amide bonds. The molecule has 0 radical (unpaired) electrons. The van der Waals surface area contributed by atoms with Crippen LogP contribution in [-0.2, 0) is 4.79 Å². The molecule has 0 bridgehead atoms. The van der Waals surface area contributed by atoms with E-state index < -0.39 is 6.04 Å². The van der Waals surface area contributed by atoms with Gasteiger partial charge in [0.1, 0.15) is 6.04 Å². The van der Waals surface area contributed by atoms with Gasteiger partial charge in [-0.25, -0.2) is 0 Å². The zero-order valence-electron chi connectivity index (χ0n) is 21.9. The summed E-state index contributed by atoms with van der Waals surface area (Å²) in [6, 6.07) is 41.7. The number of amides is 1. The fourth-order valence-electron chi connectivity index (χ4n) is 5.44. The largest absolute Gasteiger partial charge is 0.324 e. The van der Waals surface area contributed by atoms with E-state index in [0.717, 1.165) is 44.9 Å². The number of fused-ring (bicyclic) bond motifs is 1. The van der Waals surface area contributed by atoms with Gasteiger partial charge in [-0.1, -0.05) is 114 Å². The molecule has 0 saturated heterocycles. The second-order valence-electron chi connectivity index (χ2n) is 9.99. The second-order valence-corrected chi connectivity index (χ2v) is 9.99. The summed E-state index contributed by atoms with van der Waals surface area (Å²) < 4.78 is 0. The topological polar surface area (TPSA) is 23.6 Å². The minimum Gasteiger partial charge on any atom is -0.324 e. The number of likely N-dealkylation sites (N-methyl/N-ethyl adjacent to an activating group) is 1. The van der Waals surface area contributed by atoms with Crippen molar-refractivity contribution in [1.29, 1.82) is 0 Å². The molecule has 6 rings (SSSR count). The second kappa shape index (κ2) is 9.68. The average Bonchev–Trinajstić information content (AvgIpc) is 3.20. The Hall–Kier alpha value is -4.63. The molecular weight excluding hydrogens is 464 g/mol. The Morgan fingerprint density at radius 2 is 1.03 bits per heavy atom. The zero-order valence-corrected chi connectivity index (χ0v) is 21.9. The van der Waals surface area contributed by atoms with Crippen LogP contribution in [0.3, 0.4) is 0 Å². The third kappa shape index (κ3) is 4.06. The molecule has 3 nitrogen and oxygen atoms in total. The lowest BCUT2D eigenvalue weighted by Crippen LogP contribution is -2.34. The minimum absolute atomic E-state index is 0.0589. The number of carbonyl (C=O) groups is 1. The van der Waals surface area contributed by atoms with Gasteiger partial charge >= 0.3 is 0 Å². The third-order valence-corrected chi connectivity index (χ3v) is 7.47. The molecule has 1 heterocycles. The number of para-hydroxylation sites is 3. The number of rotatable bonds is 5. The summed E-state index contributed by atoms with van der Waals surface area (Å²) in [5, 5.41) is 0. The number of nitrogens with zero attached hydrogens (tertiary/aromatic N) is 2. The van der Waals surface area contributed by atoms with Crippen LogP contribution in [-0.4, -0.2) is 13.0 Å². The van der Waals surface area contributed by atoms with Crippen LogP contribution in [0.1, 0.15) is 22.7 Å². The zero-order chi connectivity index (χ0) is 26.2. The van der Waals surface area contributed by atoms with E-state index in [1.165, 1.54) is 11.1 Å². The van der Waals surface area contributed by atoms with Crippen molar-refractivity contribution >= 4 is 23.0 Å². The van der Waals surface area contributed by atoms with Crippen LogP contribution in [0.2, 0.25) is 0 Å². The molecule has 1 aliphatic rings. The monoisotopic (exact) mass is 494 g/mol. The SMILES string of the molecule is Cc1ccc(-c2ccccc2N(c2ccccc2-c2ccc(C)cc2)C2C(=O)N(C)c3ccccc32)cc1. The first-order valence-corrected chi connectivity index (χ1v) is 13.0. The van der Waals surface area contributed by atoms with E-state index in [9.17, 15) is 4.79 Å². The van der Waals surface area contributed by atoms with Crippen LogP contribution < -0.4 is 9.80 Å². The molecule has 0 aromatic heterocycles. The van der Waals surface area contributed by atoms with E-state index in [1.807, 2.05) is 25.2 Å². The van der Waals surface area contributed by atoms with Crippen LogP contribution in [0.25, 0.3) is 22.3 Å². The van der Waals surface area contributed by atoms with Crippen LogP contribution in [0.15, 0.2) is 121 Å². The van der Waals surface area contributed by atoms with Gasteiger partial charge in [0.05, 0.1) is 11.4 Å². The number of hydrogen-bond acceptors (Lipinski definition) is 2. The predicted molar refractivity (Wildman–Crippen MR) is 158 cm³/mol. The Morgan fingerprint density at radius 1 is 0.579 bits per heavy atom. The lowest BCUT2D eigenvalue weighted by atomic mass is 9.96. The normalized spacial score (nSPS) is 14.4. The number of hydrogen-bond donors (Lipinski definition) is 0. The molecule has 5 aromatic carbocycles. The molecule has 0 aliphatic carbocycles. The van der Waals surface area contributed by atoms with Gasteiger partial charge in [-0.05, 0) is 43.2 Å². The van der Waals surface area contributed by atoms with Crippen molar-refractivity contribution in [2.45, 2.75) is 19.9 Å². The maximum absolute atomic E-state index is 14.0. The molecule has 1 unspecified atom stereocenters. The van der Waals surface area contributed by atoms with Crippen molar-refractivity contribution in [1.82, 2.24) is 0 Å². The molecule has 186 valence electrons. The van der Waals surface area contributed by atoms with Gasteiger partial charge in [-0.15, -0.1) is 0 Å². The van der Waals surface area contributed by atoms with E-state index in [-0.39, 0.29) is 5.91 Å². The van der Waals surface area contributed by atoms with Crippen LogP contribution in [0.4, 0.5) is 17.1 Å². The summed E-state index contributed by atoms with van der Waals surface area (Å²) in [6.07, 6.45) is 0. The summed E-state index contributed by atoms with van der Waals surface area (Å²) in [7, 11) is 1.87. The summed E-state index contributed by atoms with van der Waals surface area (Å²) in [5.74, 6) is 0.0589. The van der Waals surface area contributed by atoms with Crippen molar-refractivity contribution in [3.05, 3.63) is 138 Å². The molecule has 0 spiro atoms. The van der Waals surface area contributed by atoms with Gasteiger partial charge in [-0.2, -0.15) is 0 Å². The summed E-state index contributed by atoms with van der Waals surface area (Å²) in [5.41, 5.74) is 10.8. The lowest BCUT2D eigenvalue weighted by Gasteiger charge is -2.34. The van der Waals surface area contributed by atoms with E-state index in [2.05, 4.69) is 122 Å². The van der Waals surface area contributed by atoms with E-state index in [4.69, 9.17) is 0 Å². The molecular formula is C35H30N2O. The molecule has 0 fully saturated rings. The fraction of sp³-hybridized carbons (Fsp3) is 0.114. The maximum atomic E-state index is 14.0. The van der Waals surface area contributed by atoms with Gasteiger partial charge in [-0.3, -0.25) is 4.79 Å². The van der Waals surface area contributed by atoms with Crippen molar-refractivity contribution < 1.29 is 4.79 Å². The van der Waals surface area contributed by atoms with Crippen LogP contribution in [0.5, 0.6) is 0 Å². The molecule has 0 N–H and O–H groups in total. The third-order valence-electron chi connectivity index (χ3n) is 7.47. The first kappa shape index (κ1) is 23.7. The van der Waals surface area contributed by atoms with Crippen molar-refractivity contribution in [2.24, 2.45) is 0 Å². The summed E-state index contributed by atoms with van der Waals surface area (Å²) in [4.78, 5) is 18.1. The smallest absolute Gasteiger partial charge is 0.254 e. The highest BCUT2D eigenvalue weighted by Gasteiger charge is 2.41. The van der Waals surface area contributed by atoms with Crippen molar-refractivity contribution in [3.8, 4) is 22.3 Å². The molecule has 1 aliphatic heterocycles. The number of carbonyl (C=O) groups excluding carboxylic acids is 1. The first-order chi connectivity index (χ1) is 18.5. The van der Waals surface area contributed by atoms with Gasteiger partial charge in [0.25, 0.3) is 5.91 Å². The molecule has 38 heavy (non-hydrogen) atoms. The van der Waals surface area contributed by atoms with Gasteiger partial charge in [0.15, 0.2) is 0 Å². The summed E-state index contributed by atoms with van der Waals surface area (Å²) >= 11 is 0.